The topological polar surface area (TPSA) is 83.0 Å². The number of nitrogens with zero attached hydrogens (tertiary/aromatic N) is 4. The average molecular weight is 236 g/mol. The molecule has 0 radical (unpaired) electrons. The van der Waals surface area contributed by atoms with Gasteiger partial charge in [0.05, 0.1) is 12.3 Å². The summed E-state index contributed by atoms with van der Waals surface area (Å²) in [5, 5.41) is 3.97. The van der Waals surface area contributed by atoms with Gasteiger partial charge in [-0.3, -0.25) is 0 Å². The SMILES string of the molecule is CCOC(=O)c1nc(-c2ocnc2C)n(C)n1. The molecule has 0 spiro atoms. The second-order valence-corrected chi connectivity index (χ2v) is 3.37. The van der Waals surface area contributed by atoms with E-state index in [-0.39, 0.29) is 12.4 Å². The van der Waals surface area contributed by atoms with Crippen molar-refractivity contribution in [2.24, 2.45) is 7.05 Å². The zero-order valence-electron chi connectivity index (χ0n) is 9.80. The van der Waals surface area contributed by atoms with E-state index in [9.17, 15) is 4.79 Å². The maximum Gasteiger partial charge on any atom is 0.378 e. The second kappa shape index (κ2) is 4.36. The van der Waals surface area contributed by atoms with E-state index in [1.807, 2.05) is 0 Å². The van der Waals surface area contributed by atoms with Crippen LogP contribution in [0, 0.1) is 6.92 Å². The molecule has 7 nitrogen and oxygen atoms in total. The van der Waals surface area contributed by atoms with E-state index >= 15 is 0 Å². The molecule has 0 fully saturated rings. The fraction of sp³-hybridized carbons (Fsp3) is 0.400. The number of hydrogen-bond donors (Lipinski definition) is 0. The average Bonchev–Trinajstić information content (AvgIpc) is 2.85. The number of hydrogen-bond acceptors (Lipinski definition) is 6. The summed E-state index contributed by atoms with van der Waals surface area (Å²) in [5.41, 5.74) is 0.691. The van der Waals surface area contributed by atoms with Crippen molar-refractivity contribution >= 4 is 5.97 Å². The third-order valence-corrected chi connectivity index (χ3v) is 2.17. The predicted octanol–water partition coefficient (Wildman–Crippen LogP) is 0.955. The number of aryl methyl sites for hydroxylation is 2. The number of carbonyl (C=O) groups is 1. The first kappa shape index (κ1) is 11.3. The normalized spacial score (nSPS) is 10.5. The summed E-state index contributed by atoms with van der Waals surface area (Å²) >= 11 is 0. The van der Waals surface area contributed by atoms with Gasteiger partial charge in [0, 0.05) is 7.05 Å². The standard InChI is InChI=1S/C10H12N4O3/c1-4-16-10(15)8-12-9(14(3)13-8)7-6(2)11-5-17-7/h5H,4H2,1-3H3. The molecule has 0 bridgehead atoms. The molecule has 0 atom stereocenters. The summed E-state index contributed by atoms with van der Waals surface area (Å²) in [6.45, 7) is 3.80. The van der Waals surface area contributed by atoms with Crippen LogP contribution < -0.4 is 0 Å². The van der Waals surface area contributed by atoms with Gasteiger partial charge in [0.25, 0.3) is 5.82 Å². The Morgan fingerprint density at radius 3 is 2.94 bits per heavy atom. The highest BCUT2D eigenvalue weighted by molar-refractivity contribution is 5.85. The number of aromatic nitrogens is 4. The molecule has 0 amide bonds. The van der Waals surface area contributed by atoms with Crippen LogP contribution in [-0.2, 0) is 11.8 Å². The van der Waals surface area contributed by atoms with Crippen LogP contribution in [0.15, 0.2) is 10.8 Å². The maximum atomic E-state index is 11.5. The van der Waals surface area contributed by atoms with Gasteiger partial charge in [-0.05, 0) is 13.8 Å². The van der Waals surface area contributed by atoms with Crippen LogP contribution in [0.25, 0.3) is 11.6 Å². The minimum absolute atomic E-state index is 0.0140. The Balaban J connectivity index is 2.38. The Bertz CT molecular complexity index is 543. The van der Waals surface area contributed by atoms with Gasteiger partial charge in [-0.2, -0.15) is 4.98 Å². The van der Waals surface area contributed by atoms with Gasteiger partial charge in [0.15, 0.2) is 18.0 Å². The number of carbonyl (C=O) groups excluding carboxylic acids is 1. The molecular weight excluding hydrogens is 224 g/mol. The van der Waals surface area contributed by atoms with Gasteiger partial charge in [-0.1, -0.05) is 0 Å². The fourth-order valence-electron chi connectivity index (χ4n) is 1.38. The molecule has 7 heteroatoms. The zero-order chi connectivity index (χ0) is 12.4. The molecule has 0 aliphatic rings. The van der Waals surface area contributed by atoms with Crippen LogP contribution in [0.2, 0.25) is 0 Å². The molecule has 0 aliphatic heterocycles. The smallest absolute Gasteiger partial charge is 0.378 e. The molecule has 0 saturated carbocycles. The third kappa shape index (κ3) is 2.03. The Labute approximate surface area is 97.4 Å². The predicted molar refractivity (Wildman–Crippen MR) is 57.2 cm³/mol. The quantitative estimate of drug-likeness (QED) is 0.738. The summed E-state index contributed by atoms with van der Waals surface area (Å²) in [6.07, 6.45) is 1.32. The number of esters is 1. The van der Waals surface area contributed by atoms with Crippen LogP contribution in [0.4, 0.5) is 0 Å². The minimum atomic E-state index is -0.550. The zero-order valence-corrected chi connectivity index (χ0v) is 9.80. The summed E-state index contributed by atoms with van der Waals surface area (Å²) in [6, 6.07) is 0. The molecule has 0 unspecified atom stereocenters. The van der Waals surface area contributed by atoms with Crippen molar-refractivity contribution in [1.82, 2.24) is 19.7 Å². The molecule has 90 valence electrons. The maximum absolute atomic E-state index is 11.5. The Morgan fingerprint density at radius 2 is 2.35 bits per heavy atom. The van der Waals surface area contributed by atoms with Crippen molar-refractivity contribution in [2.75, 3.05) is 6.61 Å². The first-order valence-corrected chi connectivity index (χ1v) is 5.12. The van der Waals surface area contributed by atoms with E-state index in [0.717, 1.165) is 0 Å². The Hall–Kier alpha value is -2.18. The number of oxazole rings is 1. The highest BCUT2D eigenvalue weighted by atomic mass is 16.5. The van der Waals surface area contributed by atoms with Gasteiger partial charge in [0.1, 0.15) is 0 Å². The highest BCUT2D eigenvalue weighted by Crippen LogP contribution is 2.19. The van der Waals surface area contributed by atoms with Gasteiger partial charge < -0.3 is 9.15 Å². The molecule has 2 aromatic heterocycles. The lowest BCUT2D eigenvalue weighted by atomic mass is 10.3. The first-order valence-electron chi connectivity index (χ1n) is 5.12. The van der Waals surface area contributed by atoms with E-state index < -0.39 is 5.97 Å². The summed E-state index contributed by atoms with van der Waals surface area (Å²) in [7, 11) is 1.67. The van der Waals surface area contributed by atoms with E-state index in [1.54, 1.807) is 20.9 Å². The van der Waals surface area contributed by atoms with Crippen LogP contribution in [-0.4, -0.2) is 32.3 Å². The van der Waals surface area contributed by atoms with Crippen LogP contribution >= 0.6 is 0 Å². The first-order chi connectivity index (χ1) is 8.13. The van der Waals surface area contributed by atoms with Crippen LogP contribution in [0.1, 0.15) is 23.2 Å². The number of rotatable bonds is 3. The van der Waals surface area contributed by atoms with E-state index in [4.69, 9.17) is 9.15 Å². The van der Waals surface area contributed by atoms with Gasteiger partial charge in [-0.25, -0.2) is 14.5 Å². The second-order valence-electron chi connectivity index (χ2n) is 3.37. The van der Waals surface area contributed by atoms with Crippen molar-refractivity contribution < 1.29 is 13.9 Å². The molecular formula is C10H12N4O3. The molecule has 2 rings (SSSR count). The van der Waals surface area contributed by atoms with E-state index in [2.05, 4.69) is 15.1 Å². The number of ether oxygens (including phenoxy) is 1. The lowest BCUT2D eigenvalue weighted by Gasteiger charge is -1.94. The molecule has 0 aromatic carbocycles. The van der Waals surface area contributed by atoms with Crippen molar-refractivity contribution in [2.45, 2.75) is 13.8 Å². The molecule has 2 aromatic rings. The van der Waals surface area contributed by atoms with Crippen molar-refractivity contribution in [3.63, 3.8) is 0 Å². The lowest BCUT2D eigenvalue weighted by molar-refractivity contribution is 0.0512. The fourth-order valence-corrected chi connectivity index (χ4v) is 1.38. The molecule has 17 heavy (non-hydrogen) atoms. The monoisotopic (exact) mass is 236 g/mol. The van der Waals surface area contributed by atoms with Crippen molar-refractivity contribution in [1.29, 1.82) is 0 Å². The highest BCUT2D eigenvalue weighted by Gasteiger charge is 2.20. The van der Waals surface area contributed by atoms with Crippen LogP contribution in [0.3, 0.4) is 0 Å². The third-order valence-electron chi connectivity index (χ3n) is 2.17. The van der Waals surface area contributed by atoms with Gasteiger partial charge in [-0.15, -0.1) is 5.10 Å². The van der Waals surface area contributed by atoms with Crippen molar-refractivity contribution in [3.05, 3.63) is 17.9 Å². The Morgan fingerprint density at radius 1 is 1.59 bits per heavy atom. The lowest BCUT2D eigenvalue weighted by Crippen LogP contribution is -2.07. The van der Waals surface area contributed by atoms with E-state index in [1.165, 1.54) is 11.1 Å². The van der Waals surface area contributed by atoms with Gasteiger partial charge in [0.2, 0.25) is 0 Å². The molecule has 2 heterocycles. The van der Waals surface area contributed by atoms with Crippen molar-refractivity contribution in [3.8, 4) is 11.6 Å². The summed E-state index contributed by atoms with van der Waals surface area (Å²) in [5.74, 6) is 0.408. The molecule has 0 N–H and O–H groups in total. The largest absolute Gasteiger partial charge is 0.460 e. The van der Waals surface area contributed by atoms with E-state index in [0.29, 0.717) is 17.3 Å². The van der Waals surface area contributed by atoms with Gasteiger partial charge >= 0.3 is 5.97 Å². The Kier molecular flexibility index (Phi) is 2.90. The summed E-state index contributed by atoms with van der Waals surface area (Å²) in [4.78, 5) is 19.5. The van der Waals surface area contributed by atoms with Crippen LogP contribution in [0.5, 0.6) is 0 Å². The summed E-state index contributed by atoms with van der Waals surface area (Å²) < 4.78 is 11.5. The molecule has 0 saturated heterocycles. The molecule has 0 aliphatic carbocycles. The minimum Gasteiger partial charge on any atom is -0.460 e.